The molecule has 0 bridgehead atoms. The zero-order valence-corrected chi connectivity index (χ0v) is 16.4. The van der Waals surface area contributed by atoms with E-state index in [1.54, 1.807) is 12.3 Å². The lowest BCUT2D eigenvalue weighted by atomic mass is 10.1. The number of hydrogen-bond donors (Lipinski definition) is 2. The number of halogens is 2. The number of carbonyl (C=O) groups is 1. The van der Waals surface area contributed by atoms with Gasteiger partial charge >= 0.3 is 6.03 Å². The number of rotatable bonds is 3. The monoisotopic (exact) mass is 426 g/mol. The van der Waals surface area contributed by atoms with Crippen LogP contribution in [-0.2, 0) is 0 Å². The second-order valence-corrected chi connectivity index (χ2v) is 7.62. The van der Waals surface area contributed by atoms with Gasteiger partial charge in [-0.15, -0.1) is 0 Å². The Kier molecular flexibility index (Phi) is 4.78. The number of aliphatic hydroxyl groups is 1. The molecule has 8 nitrogen and oxygen atoms in total. The van der Waals surface area contributed by atoms with Crippen molar-refractivity contribution in [3.63, 3.8) is 0 Å². The summed E-state index contributed by atoms with van der Waals surface area (Å²) in [6, 6.07) is 4.30. The Bertz CT molecular complexity index is 1180. The molecule has 5 rings (SSSR count). The van der Waals surface area contributed by atoms with Crippen LogP contribution in [0.25, 0.3) is 5.65 Å². The molecular formula is C21H20F2N6O2. The van der Waals surface area contributed by atoms with Crippen LogP contribution >= 0.6 is 0 Å². The molecule has 1 fully saturated rings. The zero-order valence-electron chi connectivity index (χ0n) is 16.4. The molecule has 2 N–H and O–H groups in total. The van der Waals surface area contributed by atoms with Crippen LogP contribution < -0.4 is 10.2 Å². The van der Waals surface area contributed by atoms with Crippen molar-refractivity contribution in [2.24, 2.45) is 0 Å². The summed E-state index contributed by atoms with van der Waals surface area (Å²) in [6.07, 6.45) is 6.92. The van der Waals surface area contributed by atoms with Crippen LogP contribution in [0.4, 0.5) is 25.1 Å². The van der Waals surface area contributed by atoms with E-state index in [0.717, 1.165) is 12.1 Å². The van der Waals surface area contributed by atoms with Gasteiger partial charge in [-0.2, -0.15) is 5.10 Å². The van der Waals surface area contributed by atoms with Crippen LogP contribution in [0.3, 0.4) is 0 Å². The lowest BCUT2D eigenvalue weighted by molar-refractivity contribution is 0.176. The Morgan fingerprint density at radius 2 is 2.13 bits per heavy atom. The van der Waals surface area contributed by atoms with E-state index in [1.165, 1.54) is 21.7 Å². The van der Waals surface area contributed by atoms with Crippen molar-refractivity contribution in [1.29, 1.82) is 0 Å². The molecule has 0 unspecified atom stereocenters. The van der Waals surface area contributed by atoms with Crippen molar-refractivity contribution in [2.75, 3.05) is 29.9 Å². The second kappa shape index (κ2) is 7.62. The summed E-state index contributed by atoms with van der Waals surface area (Å²) in [5.41, 5.74) is 1.08. The topological polar surface area (TPSA) is 86.0 Å². The summed E-state index contributed by atoms with van der Waals surface area (Å²) in [7, 11) is 0. The van der Waals surface area contributed by atoms with Gasteiger partial charge in [-0.05, 0) is 30.7 Å². The van der Waals surface area contributed by atoms with Crippen LogP contribution in [-0.4, -0.2) is 56.4 Å². The van der Waals surface area contributed by atoms with Crippen LogP contribution in [0.2, 0.25) is 0 Å². The molecular weight excluding hydrogens is 406 g/mol. The molecule has 0 saturated carbocycles. The number of nitrogens with zero attached hydrogens (tertiary/aromatic N) is 5. The molecule has 31 heavy (non-hydrogen) atoms. The third-order valence-electron chi connectivity index (χ3n) is 5.57. The van der Waals surface area contributed by atoms with E-state index in [0.29, 0.717) is 36.7 Å². The third kappa shape index (κ3) is 3.59. The standard InChI is InChI=1S/C21H20F2N6O2/c22-13-3-4-16(23)15(10-13)18-2-1-7-28(18)19-6-9-29-20(26-19)17(11-24-29)25-21(31)27-8-5-14(30)12-27/h1-4,6,9-11,14,18,30H,5,7-8,12H2,(H,25,31)/t14-,18+/m0/s1. The Morgan fingerprint density at radius 3 is 2.94 bits per heavy atom. The van der Waals surface area contributed by atoms with E-state index in [2.05, 4.69) is 15.4 Å². The number of likely N-dealkylation sites (tertiary alicyclic amines) is 1. The number of aliphatic hydroxyl groups excluding tert-OH is 1. The summed E-state index contributed by atoms with van der Waals surface area (Å²) in [4.78, 5) is 20.5. The molecule has 10 heteroatoms. The maximum atomic E-state index is 14.4. The van der Waals surface area contributed by atoms with Gasteiger partial charge < -0.3 is 20.2 Å². The van der Waals surface area contributed by atoms with Gasteiger partial charge in [-0.3, -0.25) is 0 Å². The Balaban J connectivity index is 1.43. The zero-order chi connectivity index (χ0) is 21.5. The first kappa shape index (κ1) is 19.4. The fraction of sp³-hybridized carbons (Fsp3) is 0.286. The van der Waals surface area contributed by atoms with Gasteiger partial charge in [-0.25, -0.2) is 23.1 Å². The summed E-state index contributed by atoms with van der Waals surface area (Å²) in [5, 5.41) is 16.7. The normalized spacial score (nSPS) is 20.7. The highest BCUT2D eigenvalue weighted by Crippen LogP contribution is 2.33. The number of anilines is 2. The molecule has 1 saturated heterocycles. The van der Waals surface area contributed by atoms with Gasteiger partial charge in [0.2, 0.25) is 0 Å². The van der Waals surface area contributed by atoms with Crippen molar-refractivity contribution in [3.8, 4) is 0 Å². The minimum atomic E-state index is -0.512. The van der Waals surface area contributed by atoms with Gasteiger partial charge in [0.1, 0.15) is 23.1 Å². The molecule has 2 atom stereocenters. The maximum Gasteiger partial charge on any atom is 0.322 e. The van der Waals surface area contributed by atoms with E-state index in [1.807, 2.05) is 17.1 Å². The van der Waals surface area contributed by atoms with Crippen molar-refractivity contribution >= 4 is 23.2 Å². The fourth-order valence-electron chi connectivity index (χ4n) is 4.00. The highest BCUT2D eigenvalue weighted by atomic mass is 19.1. The number of carbonyl (C=O) groups excluding carboxylic acids is 1. The van der Waals surface area contributed by atoms with Gasteiger partial charge in [0.25, 0.3) is 0 Å². The highest BCUT2D eigenvalue weighted by molar-refractivity contribution is 5.93. The number of urea groups is 1. The largest absolute Gasteiger partial charge is 0.391 e. The lowest BCUT2D eigenvalue weighted by Crippen LogP contribution is -2.33. The molecule has 4 heterocycles. The molecule has 0 aliphatic carbocycles. The van der Waals surface area contributed by atoms with Crippen LogP contribution in [0.15, 0.2) is 48.8 Å². The first-order chi connectivity index (χ1) is 15.0. The second-order valence-electron chi connectivity index (χ2n) is 7.62. The van der Waals surface area contributed by atoms with E-state index >= 15 is 0 Å². The van der Waals surface area contributed by atoms with E-state index in [9.17, 15) is 18.7 Å². The molecule has 2 aliphatic rings. The number of nitrogens with one attached hydrogen (secondary N) is 1. The molecule has 0 radical (unpaired) electrons. The average molecular weight is 426 g/mol. The van der Waals surface area contributed by atoms with Crippen molar-refractivity contribution in [1.82, 2.24) is 19.5 Å². The van der Waals surface area contributed by atoms with Gasteiger partial charge in [0.05, 0.1) is 18.3 Å². The average Bonchev–Trinajstić information content (AvgIpc) is 3.49. The number of aromatic nitrogens is 3. The number of amides is 2. The SMILES string of the molecule is O=C(Nc1cnn2ccc(N3CC=C[C@@H]3c3cc(F)ccc3F)nc12)N1CC[C@H](O)C1. The third-order valence-corrected chi connectivity index (χ3v) is 5.57. The quantitative estimate of drug-likeness (QED) is 0.629. The first-order valence-electron chi connectivity index (χ1n) is 9.96. The molecule has 3 aromatic rings. The number of fused-ring (bicyclic) bond motifs is 1. The van der Waals surface area contributed by atoms with Crippen molar-refractivity contribution < 1.29 is 18.7 Å². The van der Waals surface area contributed by atoms with E-state index < -0.39 is 23.8 Å². The number of β-amino-alcohol motifs (C(OH)–C–C–N with tert-alkyl or cyclic N) is 1. The minimum absolute atomic E-state index is 0.227. The number of benzene rings is 1. The molecule has 0 spiro atoms. The molecule has 2 amide bonds. The molecule has 2 aliphatic heterocycles. The fourth-order valence-corrected chi connectivity index (χ4v) is 4.00. The van der Waals surface area contributed by atoms with Crippen LogP contribution in [0, 0.1) is 11.6 Å². The molecule has 2 aromatic heterocycles. The molecule has 1 aromatic carbocycles. The smallest absolute Gasteiger partial charge is 0.322 e. The summed E-state index contributed by atoms with van der Waals surface area (Å²) in [6.45, 7) is 1.24. The minimum Gasteiger partial charge on any atom is -0.391 e. The highest BCUT2D eigenvalue weighted by Gasteiger charge is 2.27. The summed E-state index contributed by atoms with van der Waals surface area (Å²) >= 11 is 0. The predicted octanol–water partition coefficient (Wildman–Crippen LogP) is 2.72. The van der Waals surface area contributed by atoms with Gasteiger partial charge in [0.15, 0.2) is 5.65 Å². The maximum absolute atomic E-state index is 14.4. The summed E-state index contributed by atoms with van der Waals surface area (Å²) in [5.74, 6) is -0.458. The Hall–Kier alpha value is -3.53. The van der Waals surface area contributed by atoms with Crippen molar-refractivity contribution in [2.45, 2.75) is 18.6 Å². The molecule has 160 valence electrons. The van der Waals surface area contributed by atoms with Crippen LogP contribution in [0.1, 0.15) is 18.0 Å². The van der Waals surface area contributed by atoms with Gasteiger partial charge in [0, 0.05) is 31.4 Å². The lowest BCUT2D eigenvalue weighted by Gasteiger charge is -2.26. The number of hydrogen-bond acceptors (Lipinski definition) is 5. The van der Waals surface area contributed by atoms with Crippen LogP contribution in [0.5, 0.6) is 0 Å². The predicted molar refractivity (Wildman–Crippen MR) is 110 cm³/mol. The summed E-state index contributed by atoms with van der Waals surface area (Å²) < 4.78 is 29.6. The van der Waals surface area contributed by atoms with E-state index in [4.69, 9.17) is 0 Å². The Morgan fingerprint density at radius 1 is 1.26 bits per heavy atom. The van der Waals surface area contributed by atoms with Crippen molar-refractivity contribution in [3.05, 3.63) is 66.0 Å². The van der Waals surface area contributed by atoms with Gasteiger partial charge in [-0.1, -0.05) is 12.2 Å². The van der Waals surface area contributed by atoms with E-state index in [-0.39, 0.29) is 18.1 Å². The first-order valence-corrected chi connectivity index (χ1v) is 9.96. The Labute approximate surface area is 176 Å².